The van der Waals surface area contributed by atoms with E-state index in [-0.39, 0.29) is 5.91 Å². The molecule has 0 aliphatic rings. The molecule has 0 unspecified atom stereocenters. The van der Waals surface area contributed by atoms with Gasteiger partial charge in [0, 0.05) is 15.5 Å². The number of carbonyl (C=O) groups is 1. The van der Waals surface area contributed by atoms with Gasteiger partial charge < -0.3 is 5.32 Å². The lowest BCUT2D eigenvalue weighted by Crippen LogP contribution is -2.23. The number of benzene rings is 2. The molecule has 0 spiro atoms. The Kier molecular flexibility index (Phi) is 5.64. The molecular formula is C18H13Cl3N2OS. The van der Waals surface area contributed by atoms with Crippen LogP contribution >= 0.6 is 46.1 Å². The highest BCUT2D eigenvalue weighted by atomic mass is 35.5. The van der Waals surface area contributed by atoms with Crippen LogP contribution in [0.5, 0.6) is 0 Å². The lowest BCUT2D eigenvalue weighted by molar-refractivity contribution is 0.0951. The molecule has 0 fully saturated rings. The van der Waals surface area contributed by atoms with E-state index in [0.717, 1.165) is 21.1 Å². The topological polar surface area (TPSA) is 42.0 Å². The van der Waals surface area contributed by atoms with Crippen molar-refractivity contribution in [2.75, 3.05) is 0 Å². The van der Waals surface area contributed by atoms with Crippen LogP contribution < -0.4 is 5.32 Å². The van der Waals surface area contributed by atoms with Crippen molar-refractivity contribution in [1.29, 1.82) is 0 Å². The normalized spacial score (nSPS) is 10.7. The van der Waals surface area contributed by atoms with E-state index in [4.69, 9.17) is 34.8 Å². The van der Waals surface area contributed by atoms with E-state index in [1.54, 1.807) is 18.2 Å². The Morgan fingerprint density at radius 3 is 2.64 bits per heavy atom. The van der Waals surface area contributed by atoms with Crippen molar-refractivity contribution < 1.29 is 4.79 Å². The highest BCUT2D eigenvalue weighted by Gasteiger charge is 2.15. The molecule has 25 heavy (non-hydrogen) atoms. The van der Waals surface area contributed by atoms with Crippen molar-refractivity contribution >= 4 is 52.0 Å². The predicted molar refractivity (Wildman–Crippen MR) is 105 cm³/mol. The Hall–Kier alpha value is -1.59. The fourth-order valence-corrected chi connectivity index (χ4v) is 3.97. The molecule has 7 heteroatoms. The van der Waals surface area contributed by atoms with Crippen LogP contribution in [0.4, 0.5) is 0 Å². The molecule has 0 aliphatic heterocycles. The number of hydrogen-bond acceptors (Lipinski definition) is 3. The second-order valence-electron chi connectivity index (χ2n) is 5.31. The summed E-state index contributed by atoms with van der Waals surface area (Å²) >= 11 is 19.7. The smallest absolute Gasteiger partial charge is 0.253 e. The predicted octanol–water partition coefficient (Wildman–Crippen LogP) is 6.01. The zero-order valence-electron chi connectivity index (χ0n) is 13.1. The van der Waals surface area contributed by atoms with Crippen LogP contribution in [0.3, 0.4) is 0 Å². The summed E-state index contributed by atoms with van der Waals surface area (Å²) in [6.45, 7) is 2.26. The Morgan fingerprint density at radius 1 is 1.12 bits per heavy atom. The summed E-state index contributed by atoms with van der Waals surface area (Å²) in [5.74, 6) is -0.278. The number of thiazole rings is 1. The SMILES string of the molecule is Cc1nc(-c2ccccc2Cl)sc1CNC(=O)c1cc(Cl)ccc1Cl. The minimum absolute atomic E-state index is 0.278. The molecule has 3 nitrogen and oxygen atoms in total. The van der Waals surface area contributed by atoms with Gasteiger partial charge in [-0.3, -0.25) is 4.79 Å². The fourth-order valence-electron chi connectivity index (χ4n) is 2.27. The van der Waals surface area contributed by atoms with E-state index in [1.165, 1.54) is 11.3 Å². The number of aryl methyl sites for hydroxylation is 1. The molecule has 1 heterocycles. The summed E-state index contributed by atoms with van der Waals surface area (Å²) in [4.78, 5) is 17.9. The van der Waals surface area contributed by atoms with Crippen molar-refractivity contribution in [3.63, 3.8) is 0 Å². The maximum absolute atomic E-state index is 12.3. The molecule has 1 aromatic heterocycles. The molecule has 0 atom stereocenters. The van der Waals surface area contributed by atoms with Crippen LogP contribution in [0.25, 0.3) is 10.6 Å². The van der Waals surface area contributed by atoms with Crippen LogP contribution in [0.15, 0.2) is 42.5 Å². The average molecular weight is 412 g/mol. The van der Waals surface area contributed by atoms with Crippen molar-refractivity contribution in [2.45, 2.75) is 13.5 Å². The first-order chi connectivity index (χ1) is 12.0. The first kappa shape index (κ1) is 18.2. The van der Waals surface area contributed by atoms with Gasteiger partial charge in [-0.05, 0) is 31.2 Å². The molecule has 0 saturated carbocycles. The van der Waals surface area contributed by atoms with Gasteiger partial charge in [0.2, 0.25) is 0 Å². The number of aromatic nitrogens is 1. The van der Waals surface area contributed by atoms with Crippen LogP contribution in [-0.4, -0.2) is 10.9 Å². The molecule has 0 aliphatic carbocycles. The van der Waals surface area contributed by atoms with Crippen molar-refractivity contribution in [3.8, 4) is 10.6 Å². The Labute approximate surface area is 164 Å². The molecule has 128 valence electrons. The fraction of sp³-hybridized carbons (Fsp3) is 0.111. The standard InChI is InChI=1S/C18H13Cl3N2OS/c1-10-16(25-18(23-10)12-4-2-3-5-14(12)20)9-22-17(24)13-8-11(19)6-7-15(13)21/h2-8H,9H2,1H3,(H,22,24). The molecule has 1 amide bonds. The van der Waals surface area contributed by atoms with Crippen LogP contribution in [0, 0.1) is 6.92 Å². The third kappa shape index (κ3) is 4.15. The van der Waals surface area contributed by atoms with Crippen LogP contribution in [0.1, 0.15) is 20.9 Å². The zero-order valence-corrected chi connectivity index (χ0v) is 16.2. The van der Waals surface area contributed by atoms with Crippen LogP contribution in [0.2, 0.25) is 15.1 Å². The van der Waals surface area contributed by atoms with Gasteiger partial charge in [0.05, 0.1) is 27.8 Å². The Morgan fingerprint density at radius 2 is 1.88 bits per heavy atom. The maximum atomic E-state index is 12.3. The summed E-state index contributed by atoms with van der Waals surface area (Å²) in [7, 11) is 0. The third-order valence-corrected chi connectivity index (χ3v) is 5.66. The van der Waals surface area contributed by atoms with Gasteiger partial charge in [-0.25, -0.2) is 4.98 Å². The summed E-state index contributed by atoms with van der Waals surface area (Å²) < 4.78 is 0. The van der Waals surface area contributed by atoms with Gasteiger partial charge in [0.1, 0.15) is 5.01 Å². The number of rotatable bonds is 4. The summed E-state index contributed by atoms with van der Waals surface area (Å²) in [5, 5.41) is 5.16. The van der Waals surface area contributed by atoms with Crippen molar-refractivity contribution in [3.05, 3.63) is 73.7 Å². The van der Waals surface area contributed by atoms with Crippen LogP contribution in [-0.2, 0) is 6.54 Å². The van der Waals surface area contributed by atoms with E-state index in [0.29, 0.717) is 27.2 Å². The molecule has 3 aromatic rings. The first-order valence-corrected chi connectivity index (χ1v) is 9.35. The average Bonchev–Trinajstić information content (AvgIpc) is 2.96. The minimum atomic E-state index is -0.278. The van der Waals surface area contributed by atoms with Crippen molar-refractivity contribution in [1.82, 2.24) is 10.3 Å². The molecule has 0 bridgehead atoms. The van der Waals surface area contributed by atoms with Gasteiger partial charge >= 0.3 is 0 Å². The van der Waals surface area contributed by atoms with Crippen molar-refractivity contribution in [2.24, 2.45) is 0 Å². The van der Waals surface area contributed by atoms with Gasteiger partial charge in [0.15, 0.2) is 0 Å². The number of halogens is 3. The zero-order chi connectivity index (χ0) is 18.0. The summed E-state index contributed by atoms with van der Waals surface area (Å²) in [6, 6.07) is 12.3. The number of hydrogen-bond donors (Lipinski definition) is 1. The highest BCUT2D eigenvalue weighted by Crippen LogP contribution is 2.32. The molecule has 1 N–H and O–H groups in total. The molecular weight excluding hydrogens is 399 g/mol. The lowest BCUT2D eigenvalue weighted by Gasteiger charge is -2.06. The summed E-state index contributed by atoms with van der Waals surface area (Å²) in [6.07, 6.45) is 0. The highest BCUT2D eigenvalue weighted by molar-refractivity contribution is 7.15. The number of amides is 1. The van der Waals surface area contributed by atoms with Gasteiger partial charge in [0.25, 0.3) is 5.91 Å². The van der Waals surface area contributed by atoms with E-state index in [1.807, 2.05) is 31.2 Å². The Bertz CT molecular complexity index is 940. The number of nitrogens with one attached hydrogen (secondary N) is 1. The van der Waals surface area contributed by atoms with Gasteiger partial charge in [-0.2, -0.15) is 0 Å². The van der Waals surface area contributed by atoms with E-state index in [9.17, 15) is 4.79 Å². The third-order valence-electron chi connectivity index (χ3n) is 3.58. The Balaban J connectivity index is 1.77. The largest absolute Gasteiger partial charge is 0.347 e. The molecule has 0 saturated heterocycles. The maximum Gasteiger partial charge on any atom is 0.253 e. The van der Waals surface area contributed by atoms with Gasteiger partial charge in [-0.1, -0.05) is 53.0 Å². The molecule has 0 radical (unpaired) electrons. The first-order valence-electron chi connectivity index (χ1n) is 7.40. The van der Waals surface area contributed by atoms with E-state index < -0.39 is 0 Å². The second kappa shape index (κ2) is 7.75. The van der Waals surface area contributed by atoms with E-state index in [2.05, 4.69) is 10.3 Å². The lowest BCUT2D eigenvalue weighted by atomic mass is 10.2. The second-order valence-corrected chi connectivity index (χ2v) is 7.65. The monoisotopic (exact) mass is 410 g/mol. The molecule has 3 rings (SSSR count). The quantitative estimate of drug-likeness (QED) is 0.571. The number of nitrogens with zero attached hydrogens (tertiary/aromatic N) is 1. The van der Waals surface area contributed by atoms with E-state index >= 15 is 0 Å². The molecule has 2 aromatic carbocycles. The van der Waals surface area contributed by atoms with Gasteiger partial charge in [-0.15, -0.1) is 11.3 Å². The minimum Gasteiger partial charge on any atom is -0.347 e. The number of carbonyl (C=O) groups excluding carboxylic acids is 1. The summed E-state index contributed by atoms with van der Waals surface area (Å²) in [5.41, 5.74) is 2.09.